The predicted molar refractivity (Wildman–Crippen MR) is 67.4 cm³/mol. The molecule has 1 N–H and O–H groups in total. The smallest absolute Gasteiger partial charge is 0.408 e. The Balaban J connectivity index is 2.69. The summed E-state index contributed by atoms with van der Waals surface area (Å²) < 4.78 is 10.5. The van der Waals surface area contributed by atoms with Gasteiger partial charge in [-0.3, -0.25) is 4.79 Å². The lowest BCUT2D eigenvalue weighted by atomic mass is 9.98. The lowest BCUT2D eigenvalue weighted by molar-refractivity contribution is -0.112. The highest BCUT2D eigenvalue weighted by Gasteiger charge is 2.35. The third-order valence-corrected chi connectivity index (χ3v) is 2.44. The van der Waals surface area contributed by atoms with Gasteiger partial charge in [0, 0.05) is 6.61 Å². The van der Waals surface area contributed by atoms with Gasteiger partial charge in [-0.15, -0.1) is 0 Å². The predicted octanol–water partition coefficient (Wildman–Crippen LogP) is 1.82. The minimum absolute atomic E-state index is 0.0627. The van der Waals surface area contributed by atoms with Crippen molar-refractivity contribution in [2.75, 3.05) is 13.2 Å². The van der Waals surface area contributed by atoms with Crippen molar-refractivity contribution < 1.29 is 19.1 Å². The average Bonchev–Trinajstić information content (AvgIpc) is 2.61. The van der Waals surface area contributed by atoms with Crippen LogP contribution in [-0.2, 0) is 14.3 Å². The highest BCUT2D eigenvalue weighted by Crippen LogP contribution is 2.21. The number of ketones is 1. The van der Waals surface area contributed by atoms with Crippen LogP contribution in [0.2, 0.25) is 0 Å². The third-order valence-electron chi connectivity index (χ3n) is 2.44. The highest BCUT2D eigenvalue weighted by molar-refractivity contribution is 5.87. The Hall–Kier alpha value is -1.36. The van der Waals surface area contributed by atoms with E-state index in [0.29, 0.717) is 19.6 Å². The molecule has 0 aromatic heterocycles. The van der Waals surface area contributed by atoms with Gasteiger partial charge in [0.15, 0.2) is 5.78 Å². The molecular formula is C13H21NO4. The fourth-order valence-electron chi connectivity index (χ4n) is 1.64. The summed E-state index contributed by atoms with van der Waals surface area (Å²) in [6.45, 7) is 7.78. The molecule has 1 rings (SSSR count). The first-order chi connectivity index (χ1) is 8.22. The van der Waals surface area contributed by atoms with Crippen LogP contribution in [0.1, 0.15) is 34.1 Å². The van der Waals surface area contributed by atoms with Gasteiger partial charge in [-0.05, 0) is 40.2 Å². The van der Waals surface area contributed by atoms with Gasteiger partial charge >= 0.3 is 6.09 Å². The van der Waals surface area contributed by atoms with E-state index in [1.807, 2.05) is 0 Å². The lowest BCUT2D eigenvalue weighted by Gasteiger charge is -2.27. The molecule has 0 bridgehead atoms. The van der Waals surface area contributed by atoms with Crippen LogP contribution in [0.4, 0.5) is 4.79 Å². The Kier molecular flexibility index (Phi) is 4.51. The Bertz CT molecular complexity index is 348. The summed E-state index contributed by atoms with van der Waals surface area (Å²) in [5.41, 5.74) is -1.18. The van der Waals surface area contributed by atoms with Gasteiger partial charge in [0.2, 0.25) is 0 Å². The minimum atomic E-state index is -0.631. The summed E-state index contributed by atoms with van der Waals surface area (Å²) in [6.07, 6.45) is 3.27. The molecule has 1 aliphatic heterocycles. The molecule has 18 heavy (non-hydrogen) atoms. The van der Waals surface area contributed by atoms with E-state index in [1.54, 1.807) is 26.8 Å². The van der Waals surface area contributed by atoms with Gasteiger partial charge in [0.25, 0.3) is 0 Å². The van der Waals surface area contributed by atoms with Crippen molar-refractivity contribution in [3.05, 3.63) is 12.2 Å². The molecule has 5 nitrogen and oxygen atoms in total. The zero-order valence-electron chi connectivity index (χ0n) is 11.4. The summed E-state index contributed by atoms with van der Waals surface area (Å²) >= 11 is 0. The van der Waals surface area contributed by atoms with Crippen LogP contribution in [0, 0.1) is 0 Å². The maximum Gasteiger partial charge on any atom is 0.408 e. The van der Waals surface area contributed by atoms with E-state index in [-0.39, 0.29) is 5.78 Å². The molecule has 1 unspecified atom stereocenters. The summed E-state index contributed by atoms with van der Waals surface area (Å²) in [5.74, 6) is -0.0627. The molecule has 0 radical (unpaired) electrons. The number of ether oxygens (including phenoxy) is 2. The van der Waals surface area contributed by atoms with E-state index in [0.717, 1.165) is 0 Å². The van der Waals surface area contributed by atoms with Crippen LogP contribution in [-0.4, -0.2) is 36.2 Å². The van der Waals surface area contributed by atoms with Gasteiger partial charge in [-0.2, -0.15) is 0 Å². The highest BCUT2D eigenvalue weighted by atomic mass is 16.6. The zero-order chi connectivity index (χ0) is 13.8. The molecule has 5 heteroatoms. The molecule has 0 spiro atoms. The average molecular weight is 255 g/mol. The summed E-state index contributed by atoms with van der Waals surface area (Å²) in [6, 6.07) is 0. The molecule has 0 aliphatic carbocycles. The fourth-order valence-corrected chi connectivity index (χ4v) is 1.64. The minimum Gasteiger partial charge on any atom is -0.444 e. The number of alkyl carbamates (subject to hydrolysis) is 1. The van der Waals surface area contributed by atoms with E-state index in [1.165, 1.54) is 13.0 Å². The van der Waals surface area contributed by atoms with Gasteiger partial charge in [0.05, 0.1) is 12.1 Å². The molecule has 1 saturated heterocycles. The van der Waals surface area contributed by atoms with E-state index < -0.39 is 17.2 Å². The van der Waals surface area contributed by atoms with Gasteiger partial charge in [-0.1, -0.05) is 6.08 Å². The van der Waals surface area contributed by atoms with Crippen molar-refractivity contribution in [3.8, 4) is 0 Å². The van der Waals surface area contributed by atoms with E-state index in [9.17, 15) is 9.59 Å². The van der Waals surface area contributed by atoms with Crippen molar-refractivity contribution in [2.45, 2.75) is 45.3 Å². The van der Waals surface area contributed by atoms with Crippen LogP contribution in [0.25, 0.3) is 0 Å². The number of carbonyl (C=O) groups excluding carboxylic acids is 2. The summed E-state index contributed by atoms with van der Waals surface area (Å²) in [4.78, 5) is 22.7. The number of carbonyl (C=O) groups is 2. The van der Waals surface area contributed by atoms with Crippen molar-refractivity contribution in [1.29, 1.82) is 0 Å². The first kappa shape index (κ1) is 14.7. The van der Waals surface area contributed by atoms with Gasteiger partial charge in [-0.25, -0.2) is 4.79 Å². The summed E-state index contributed by atoms with van der Waals surface area (Å²) in [7, 11) is 0. The van der Waals surface area contributed by atoms with Crippen LogP contribution < -0.4 is 5.32 Å². The topological polar surface area (TPSA) is 64.6 Å². The standard InChI is InChI=1S/C13H21NO4/c1-10(15)5-6-13(7-8-17-9-13)14-11(16)18-12(2,3)4/h5-6H,7-9H2,1-4H3,(H,14,16)/b6-5-. The molecule has 0 aromatic carbocycles. The molecule has 0 aromatic rings. The van der Waals surface area contributed by atoms with Crippen molar-refractivity contribution >= 4 is 11.9 Å². The van der Waals surface area contributed by atoms with E-state index in [2.05, 4.69) is 5.32 Å². The Labute approximate surface area is 108 Å². The first-order valence-corrected chi connectivity index (χ1v) is 6.01. The molecule has 0 saturated carbocycles. The second kappa shape index (κ2) is 5.52. The first-order valence-electron chi connectivity index (χ1n) is 6.01. The van der Waals surface area contributed by atoms with Crippen molar-refractivity contribution in [2.24, 2.45) is 0 Å². The van der Waals surface area contributed by atoms with Crippen LogP contribution in [0.15, 0.2) is 12.2 Å². The molecule has 102 valence electrons. The van der Waals surface area contributed by atoms with Crippen LogP contribution in [0.3, 0.4) is 0 Å². The van der Waals surface area contributed by atoms with E-state index in [4.69, 9.17) is 9.47 Å². The maximum absolute atomic E-state index is 11.8. The SMILES string of the molecule is CC(=O)/C=C\C1(NC(=O)OC(C)(C)C)CCOC1. The Morgan fingerprint density at radius 2 is 2.06 bits per heavy atom. The molecule has 1 amide bonds. The van der Waals surface area contributed by atoms with Crippen LogP contribution >= 0.6 is 0 Å². The second-order valence-electron chi connectivity index (χ2n) is 5.53. The lowest BCUT2D eigenvalue weighted by Crippen LogP contribution is -2.49. The quantitative estimate of drug-likeness (QED) is 0.781. The van der Waals surface area contributed by atoms with Gasteiger partial charge in [0.1, 0.15) is 5.60 Å². The number of hydrogen-bond donors (Lipinski definition) is 1. The normalized spacial score (nSPS) is 24.2. The van der Waals surface area contributed by atoms with E-state index >= 15 is 0 Å². The largest absolute Gasteiger partial charge is 0.444 e. The Morgan fingerprint density at radius 3 is 2.50 bits per heavy atom. The van der Waals surface area contributed by atoms with Crippen molar-refractivity contribution in [1.82, 2.24) is 5.32 Å². The van der Waals surface area contributed by atoms with Crippen molar-refractivity contribution in [3.63, 3.8) is 0 Å². The Morgan fingerprint density at radius 1 is 1.39 bits per heavy atom. The molecule has 1 fully saturated rings. The molecule has 1 atom stereocenters. The third kappa shape index (κ3) is 4.87. The molecular weight excluding hydrogens is 234 g/mol. The number of allylic oxidation sites excluding steroid dienone is 1. The number of rotatable bonds is 3. The fraction of sp³-hybridized carbons (Fsp3) is 0.692. The van der Waals surface area contributed by atoms with Gasteiger partial charge < -0.3 is 14.8 Å². The monoisotopic (exact) mass is 255 g/mol. The van der Waals surface area contributed by atoms with Crippen LogP contribution in [0.5, 0.6) is 0 Å². The number of nitrogens with one attached hydrogen (secondary N) is 1. The molecule has 1 aliphatic rings. The molecule has 1 heterocycles. The zero-order valence-corrected chi connectivity index (χ0v) is 11.4. The number of amides is 1. The maximum atomic E-state index is 11.8. The second-order valence-corrected chi connectivity index (χ2v) is 5.53. The number of hydrogen-bond acceptors (Lipinski definition) is 4. The summed E-state index contributed by atoms with van der Waals surface area (Å²) in [5, 5.41) is 2.78.